The van der Waals surface area contributed by atoms with Gasteiger partial charge in [-0.25, -0.2) is 13.1 Å². The number of hydrogen-bond donors (Lipinski definition) is 2. The molecular formula is C15H22N2O2S. The van der Waals surface area contributed by atoms with Gasteiger partial charge in [-0.2, -0.15) is 0 Å². The second-order valence-corrected chi connectivity index (χ2v) is 7.85. The van der Waals surface area contributed by atoms with Crippen molar-refractivity contribution in [3.63, 3.8) is 0 Å². The average molecular weight is 294 g/mol. The normalized spacial score (nSPS) is 19.5. The van der Waals surface area contributed by atoms with E-state index in [1.54, 1.807) is 0 Å². The highest BCUT2D eigenvalue weighted by atomic mass is 32.2. The van der Waals surface area contributed by atoms with Crippen molar-refractivity contribution in [3.05, 3.63) is 35.4 Å². The first-order chi connectivity index (χ1) is 9.57. The van der Waals surface area contributed by atoms with Gasteiger partial charge in [-0.1, -0.05) is 24.3 Å². The summed E-state index contributed by atoms with van der Waals surface area (Å²) in [5.74, 6) is 1.22. The van der Waals surface area contributed by atoms with Crippen LogP contribution in [0.15, 0.2) is 24.3 Å². The van der Waals surface area contributed by atoms with E-state index in [0.717, 1.165) is 11.1 Å². The molecule has 3 N–H and O–H groups in total. The fourth-order valence-corrected chi connectivity index (χ4v) is 4.24. The number of nitrogens with one attached hydrogen (secondary N) is 1. The quantitative estimate of drug-likeness (QED) is 0.805. The summed E-state index contributed by atoms with van der Waals surface area (Å²) in [5.41, 5.74) is 7.38. The van der Waals surface area contributed by atoms with Crippen LogP contribution in [0.5, 0.6) is 0 Å². The number of sulfonamides is 1. The van der Waals surface area contributed by atoms with Crippen LogP contribution in [0.4, 0.5) is 0 Å². The van der Waals surface area contributed by atoms with Crippen LogP contribution in [0.1, 0.15) is 36.8 Å². The first-order valence-corrected chi connectivity index (χ1v) is 9.00. The van der Waals surface area contributed by atoms with Crippen molar-refractivity contribution in [1.29, 1.82) is 0 Å². The summed E-state index contributed by atoms with van der Waals surface area (Å²) < 4.78 is 27.5. The Labute approximate surface area is 120 Å². The Hall–Kier alpha value is -0.910. The van der Waals surface area contributed by atoms with E-state index in [-0.39, 0.29) is 11.8 Å². The van der Waals surface area contributed by atoms with Crippen LogP contribution in [0, 0.1) is 11.8 Å². The zero-order valence-corrected chi connectivity index (χ0v) is 12.4. The SMILES string of the molecule is NCc1ccc(CS(=O)(=O)NC(C2CC2)C2CC2)cc1. The molecule has 20 heavy (non-hydrogen) atoms. The van der Waals surface area contributed by atoms with Gasteiger partial charge in [0.1, 0.15) is 0 Å². The van der Waals surface area contributed by atoms with Gasteiger partial charge in [0.15, 0.2) is 0 Å². The van der Waals surface area contributed by atoms with Crippen molar-refractivity contribution < 1.29 is 8.42 Å². The molecule has 2 saturated carbocycles. The maximum atomic E-state index is 12.3. The molecule has 4 nitrogen and oxygen atoms in total. The molecule has 110 valence electrons. The van der Waals surface area contributed by atoms with Crippen LogP contribution >= 0.6 is 0 Å². The van der Waals surface area contributed by atoms with Gasteiger partial charge in [0.25, 0.3) is 0 Å². The molecule has 2 aliphatic carbocycles. The molecule has 0 spiro atoms. The van der Waals surface area contributed by atoms with Crippen LogP contribution in [-0.2, 0) is 22.3 Å². The number of benzene rings is 1. The average Bonchev–Trinajstić information content (AvgIpc) is 3.29. The van der Waals surface area contributed by atoms with Crippen molar-refractivity contribution >= 4 is 10.0 Å². The monoisotopic (exact) mass is 294 g/mol. The first kappa shape index (κ1) is 14.0. The Morgan fingerprint density at radius 2 is 1.55 bits per heavy atom. The summed E-state index contributed by atoms with van der Waals surface area (Å²) in [4.78, 5) is 0. The molecular weight excluding hydrogens is 272 g/mol. The number of nitrogens with two attached hydrogens (primary N) is 1. The van der Waals surface area contributed by atoms with E-state index in [9.17, 15) is 8.42 Å². The van der Waals surface area contributed by atoms with Gasteiger partial charge in [0.2, 0.25) is 10.0 Å². The lowest BCUT2D eigenvalue weighted by atomic mass is 10.1. The summed E-state index contributed by atoms with van der Waals surface area (Å²) in [7, 11) is -3.24. The van der Waals surface area contributed by atoms with Crippen molar-refractivity contribution in [2.45, 2.75) is 44.0 Å². The zero-order chi connectivity index (χ0) is 14.2. The van der Waals surface area contributed by atoms with Gasteiger partial charge in [-0.15, -0.1) is 0 Å². The predicted molar refractivity (Wildman–Crippen MR) is 79.3 cm³/mol. The molecule has 1 aromatic carbocycles. The van der Waals surface area contributed by atoms with Gasteiger partial charge in [-0.05, 0) is 48.6 Å². The highest BCUT2D eigenvalue weighted by molar-refractivity contribution is 7.88. The third-order valence-corrected chi connectivity index (χ3v) is 5.54. The Morgan fingerprint density at radius 3 is 2.00 bits per heavy atom. The van der Waals surface area contributed by atoms with Crippen molar-refractivity contribution in [1.82, 2.24) is 4.72 Å². The number of rotatable bonds is 7. The summed E-state index contributed by atoms with van der Waals surface area (Å²) in [5, 5.41) is 0. The van der Waals surface area contributed by atoms with Crippen LogP contribution < -0.4 is 10.5 Å². The topological polar surface area (TPSA) is 72.2 Å². The number of hydrogen-bond acceptors (Lipinski definition) is 3. The summed E-state index contributed by atoms with van der Waals surface area (Å²) in [6.07, 6.45) is 4.70. The van der Waals surface area contributed by atoms with Gasteiger partial charge in [0.05, 0.1) is 5.75 Å². The third kappa shape index (κ3) is 3.59. The van der Waals surface area contributed by atoms with Crippen LogP contribution in [-0.4, -0.2) is 14.5 Å². The maximum Gasteiger partial charge on any atom is 0.216 e. The maximum absolute atomic E-state index is 12.3. The van der Waals surface area contributed by atoms with Crippen LogP contribution in [0.3, 0.4) is 0 Å². The van der Waals surface area contributed by atoms with E-state index in [1.807, 2.05) is 24.3 Å². The molecule has 3 rings (SSSR count). The molecule has 0 saturated heterocycles. The summed E-state index contributed by atoms with van der Waals surface area (Å²) >= 11 is 0. The molecule has 2 aliphatic rings. The molecule has 0 amide bonds. The van der Waals surface area contributed by atoms with Crippen molar-refractivity contribution in [2.75, 3.05) is 0 Å². The largest absolute Gasteiger partial charge is 0.326 e. The molecule has 0 atom stereocenters. The molecule has 0 aliphatic heterocycles. The van der Waals surface area contributed by atoms with Crippen molar-refractivity contribution in [2.24, 2.45) is 17.6 Å². The molecule has 5 heteroatoms. The Balaban J connectivity index is 1.64. The minimum atomic E-state index is -3.24. The second-order valence-electron chi connectivity index (χ2n) is 6.10. The van der Waals surface area contributed by atoms with E-state index in [0.29, 0.717) is 18.4 Å². The molecule has 1 aromatic rings. The van der Waals surface area contributed by atoms with Gasteiger partial charge in [0, 0.05) is 12.6 Å². The van der Waals surface area contributed by atoms with Gasteiger partial charge in [-0.3, -0.25) is 0 Å². The fraction of sp³-hybridized carbons (Fsp3) is 0.600. The third-order valence-electron chi connectivity index (χ3n) is 4.19. The Bertz CT molecular complexity index is 548. The van der Waals surface area contributed by atoms with Crippen molar-refractivity contribution in [3.8, 4) is 0 Å². The second kappa shape index (κ2) is 5.47. The minimum Gasteiger partial charge on any atom is -0.326 e. The predicted octanol–water partition coefficient (Wildman–Crippen LogP) is 1.75. The summed E-state index contributed by atoms with van der Waals surface area (Å²) in [6.45, 7) is 0.483. The standard InChI is InChI=1S/C15H22N2O2S/c16-9-11-1-3-12(4-2-11)10-20(18,19)17-15(13-5-6-13)14-7-8-14/h1-4,13-15,17H,5-10,16H2. The van der Waals surface area contributed by atoms with Gasteiger partial charge < -0.3 is 5.73 Å². The highest BCUT2D eigenvalue weighted by Gasteiger charge is 2.43. The molecule has 0 unspecified atom stereocenters. The first-order valence-electron chi connectivity index (χ1n) is 7.35. The zero-order valence-electron chi connectivity index (χ0n) is 11.6. The lowest BCUT2D eigenvalue weighted by molar-refractivity contribution is 0.471. The fourth-order valence-electron chi connectivity index (χ4n) is 2.73. The smallest absolute Gasteiger partial charge is 0.216 e. The minimum absolute atomic E-state index is 0.0633. The van der Waals surface area contributed by atoms with E-state index in [4.69, 9.17) is 5.73 Å². The Kier molecular flexibility index (Phi) is 3.84. The lowest BCUT2D eigenvalue weighted by Gasteiger charge is -2.17. The summed E-state index contributed by atoms with van der Waals surface area (Å²) in [6, 6.07) is 7.67. The van der Waals surface area contributed by atoms with Crippen LogP contribution in [0.2, 0.25) is 0 Å². The van der Waals surface area contributed by atoms with E-state index in [1.165, 1.54) is 25.7 Å². The lowest BCUT2D eigenvalue weighted by Crippen LogP contribution is -2.38. The highest BCUT2D eigenvalue weighted by Crippen LogP contribution is 2.44. The molecule has 2 fully saturated rings. The molecule has 0 heterocycles. The molecule has 0 aromatic heterocycles. The van der Waals surface area contributed by atoms with Gasteiger partial charge >= 0.3 is 0 Å². The molecule has 0 radical (unpaired) electrons. The Morgan fingerprint density at radius 1 is 1.05 bits per heavy atom. The molecule has 0 bridgehead atoms. The van der Waals surface area contributed by atoms with E-state index in [2.05, 4.69) is 4.72 Å². The van der Waals surface area contributed by atoms with Crippen LogP contribution in [0.25, 0.3) is 0 Å². The van der Waals surface area contributed by atoms with E-state index < -0.39 is 10.0 Å². The van der Waals surface area contributed by atoms with E-state index >= 15 is 0 Å².